The molecule has 0 aliphatic heterocycles. The van der Waals surface area contributed by atoms with Crippen molar-refractivity contribution in [2.75, 3.05) is 10.6 Å². The van der Waals surface area contributed by atoms with Crippen LogP contribution >= 0.6 is 0 Å². The highest BCUT2D eigenvalue weighted by molar-refractivity contribution is 6.00. The molecule has 0 bridgehead atoms. The zero-order chi connectivity index (χ0) is 15.2. The Morgan fingerprint density at radius 3 is 2.19 bits per heavy atom. The van der Waals surface area contributed by atoms with Crippen molar-refractivity contribution in [1.29, 1.82) is 10.5 Å². The van der Waals surface area contributed by atoms with Gasteiger partial charge in [0.05, 0.1) is 23.3 Å². The molecular formula is C16H12N4O. The van der Waals surface area contributed by atoms with E-state index in [-0.39, 0.29) is 0 Å². The molecule has 21 heavy (non-hydrogen) atoms. The van der Waals surface area contributed by atoms with E-state index in [1.54, 1.807) is 42.5 Å². The molecule has 0 aliphatic rings. The van der Waals surface area contributed by atoms with Crippen LogP contribution in [-0.2, 0) is 0 Å². The Labute approximate surface area is 122 Å². The van der Waals surface area contributed by atoms with E-state index >= 15 is 0 Å². The minimum absolute atomic E-state index is 0.405. The first-order chi connectivity index (χ1) is 10.1. The zero-order valence-corrected chi connectivity index (χ0v) is 11.3. The first kappa shape index (κ1) is 14.1. The molecule has 5 heteroatoms. The van der Waals surface area contributed by atoms with Gasteiger partial charge >= 0.3 is 6.03 Å². The molecule has 2 rings (SSSR count). The largest absolute Gasteiger partial charge is 0.323 e. The van der Waals surface area contributed by atoms with Gasteiger partial charge in [-0.1, -0.05) is 6.07 Å². The highest BCUT2D eigenvalue weighted by Crippen LogP contribution is 2.17. The van der Waals surface area contributed by atoms with Crippen molar-refractivity contribution in [2.24, 2.45) is 0 Å². The SMILES string of the molecule is Cc1ccc(C#N)cc1NC(=O)Nc1ccc(C#N)cc1. The summed E-state index contributed by atoms with van der Waals surface area (Å²) in [6.07, 6.45) is 0. The van der Waals surface area contributed by atoms with Gasteiger partial charge < -0.3 is 10.6 Å². The first-order valence-corrected chi connectivity index (χ1v) is 6.21. The number of nitrogens with zero attached hydrogens (tertiary/aromatic N) is 2. The van der Waals surface area contributed by atoms with Crippen LogP contribution in [0.1, 0.15) is 16.7 Å². The third-order valence-electron chi connectivity index (χ3n) is 2.89. The third-order valence-corrected chi connectivity index (χ3v) is 2.89. The van der Waals surface area contributed by atoms with Gasteiger partial charge in [0, 0.05) is 11.4 Å². The Morgan fingerprint density at radius 1 is 0.952 bits per heavy atom. The van der Waals surface area contributed by atoms with E-state index in [1.807, 2.05) is 19.1 Å². The summed E-state index contributed by atoms with van der Waals surface area (Å²) in [6.45, 7) is 1.85. The second-order valence-corrected chi connectivity index (χ2v) is 4.41. The maximum Gasteiger partial charge on any atom is 0.323 e. The first-order valence-electron chi connectivity index (χ1n) is 6.21. The number of rotatable bonds is 2. The average Bonchev–Trinajstić information content (AvgIpc) is 2.50. The molecule has 2 amide bonds. The van der Waals surface area contributed by atoms with Crippen LogP contribution in [0.5, 0.6) is 0 Å². The van der Waals surface area contributed by atoms with Crippen molar-refractivity contribution in [3.63, 3.8) is 0 Å². The molecule has 0 fully saturated rings. The lowest BCUT2D eigenvalue weighted by atomic mass is 10.1. The van der Waals surface area contributed by atoms with E-state index in [0.29, 0.717) is 22.5 Å². The number of urea groups is 1. The van der Waals surface area contributed by atoms with Crippen LogP contribution in [0.3, 0.4) is 0 Å². The number of carbonyl (C=O) groups is 1. The maximum atomic E-state index is 11.9. The molecule has 2 aromatic rings. The van der Waals surface area contributed by atoms with Gasteiger partial charge in [0.1, 0.15) is 0 Å². The number of hydrogen-bond acceptors (Lipinski definition) is 3. The highest BCUT2D eigenvalue weighted by Gasteiger charge is 2.06. The van der Waals surface area contributed by atoms with Crippen molar-refractivity contribution in [3.8, 4) is 12.1 Å². The molecule has 2 N–H and O–H groups in total. The average molecular weight is 276 g/mol. The Hall–Kier alpha value is -3.31. The zero-order valence-electron chi connectivity index (χ0n) is 11.3. The Morgan fingerprint density at radius 2 is 1.57 bits per heavy atom. The Bertz CT molecular complexity index is 751. The highest BCUT2D eigenvalue weighted by atomic mass is 16.2. The number of carbonyl (C=O) groups excluding carboxylic acids is 1. The number of amides is 2. The van der Waals surface area contributed by atoms with Gasteiger partial charge in [0.2, 0.25) is 0 Å². The number of hydrogen-bond donors (Lipinski definition) is 2. The predicted octanol–water partition coefficient (Wildman–Crippen LogP) is 3.38. The molecule has 2 aromatic carbocycles. The predicted molar refractivity (Wildman–Crippen MR) is 79.7 cm³/mol. The molecule has 0 radical (unpaired) electrons. The summed E-state index contributed by atoms with van der Waals surface area (Å²) in [5.74, 6) is 0. The van der Waals surface area contributed by atoms with Crippen LogP contribution in [0, 0.1) is 29.6 Å². The minimum atomic E-state index is -0.405. The number of aryl methyl sites for hydroxylation is 1. The lowest BCUT2D eigenvalue weighted by Crippen LogP contribution is -2.20. The molecule has 102 valence electrons. The monoisotopic (exact) mass is 276 g/mol. The summed E-state index contributed by atoms with van der Waals surface area (Å²) in [6, 6.07) is 15.3. The van der Waals surface area contributed by atoms with Crippen molar-refractivity contribution in [3.05, 3.63) is 59.2 Å². The smallest absolute Gasteiger partial charge is 0.308 e. The molecule has 0 saturated carbocycles. The van der Waals surface area contributed by atoms with E-state index in [9.17, 15) is 4.79 Å². The van der Waals surface area contributed by atoms with Crippen LogP contribution < -0.4 is 10.6 Å². The Balaban J connectivity index is 2.08. The lowest BCUT2D eigenvalue weighted by molar-refractivity contribution is 0.262. The van der Waals surface area contributed by atoms with Gasteiger partial charge in [-0.05, 0) is 48.9 Å². The summed E-state index contributed by atoms with van der Waals surface area (Å²) in [7, 11) is 0. The van der Waals surface area contributed by atoms with Crippen LogP contribution in [0.4, 0.5) is 16.2 Å². The van der Waals surface area contributed by atoms with Crippen LogP contribution in [0.2, 0.25) is 0 Å². The molecule has 0 aromatic heterocycles. The van der Waals surface area contributed by atoms with Gasteiger partial charge in [0.15, 0.2) is 0 Å². The number of nitrogens with one attached hydrogen (secondary N) is 2. The van der Waals surface area contributed by atoms with Gasteiger partial charge in [-0.15, -0.1) is 0 Å². The molecule has 5 nitrogen and oxygen atoms in total. The quantitative estimate of drug-likeness (QED) is 0.881. The van der Waals surface area contributed by atoms with Crippen LogP contribution in [0.15, 0.2) is 42.5 Å². The van der Waals surface area contributed by atoms with Crippen LogP contribution in [-0.4, -0.2) is 6.03 Å². The van der Waals surface area contributed by atoms with Gasteiger partial charge in [-0.2, -0.15) is 10.5 Å². The fraction of sp³-hybridized carbons (Fsp3) is 0.0625. The molecule has 0 atom stereocenters. The fourth-order valence-electron chi connectivity index (χ4n) is 1.74. The normalized spacial score (nSPS) is 9.29. The lowest BCUT2D eigenvalue weighted by Gasteiger charge is -2.10. The number of anilines is 2. The summed E-state index contributed by atoms with van der Waals surface area (Å²) >= 11 is 0. The molecule has 0 saturated heterocycles. The van der Waals surface area contributed by atoms with Crippen molar-refractivity contribution in [1.82, 2.24) is 0 Å². The van der Waals surface area contributed by atoms with Gasteiger partial charge in [-0.3, -0.25) is 0 Å². The number of benzene rings is 2. The Kier molecular flexibility index (Phi) is 4.18. The summed E-state index contributed by atoms with van der Waals surface area (Å²) in [5, 5.41) is 22.9. The van der Waals surface area contributed by atoms with Crippen molar-refractivity contribution >= 4 is 17.4 Å². The van der Waals surface area contributed by atoms with E-state index in [1.165, 1.54) is 0 Å². The second-order valence-electron chi connectivity index (χ2n) is 4.41. The molecular weight excluding hydrogens is 264 g/mol. The standard InChI is InChI=1S/C16H12N4O/c1-11-2-3-13(10-18)8-15(11)20-16(21)19-14-6-4-12(9-17)5-7-14/h2-8H,1H3,(H2,19,20,21). The summed E-state index contributed by atoms with van der Waals surface area (Å²) in [5.41, 5.74) is 3.04. The third kappa shape index (κ3) is 3.59. The molecule has 0 unspecified atom stereocenters. The van der Waals surface area contributed by atoms with E-state index in [4.69, 9.17) is 10.5 Å². The fourth-order valence-corrected chi connectivity index (χ4v) is 1.74. The van der Waals surface area contributed by atoms with E-state index < -0.39 is 6.03 Å². The minimum Gasteiger partial charge on any atom is -0.308 e. The topological polar surface area (TPSA) is 88.7 Å². The second kappa shape index (κ2) is 6.23. The maximum absolute atomic E-state index is 11.9. The summed E-state index contributed by atoms with van der Waals surface area (Å²) < 4.78 is 0. The molecule has 0 spiro atoms. The molecule has 0 aliphatic carbocycles. The van der Waals surface area contributed by atoms with Gasteiger partial charge in [-0.25, -0.2) is 4.79 Å². The van der Waals surface area contributed by atoms with Gasteiger partial charge in [0.25, 0.3) is 0 Å². The number of nitriles is 2. The van der Waals surface area contributed by atoms with Crippen LogP contribution in [0.25, 0.3) is 0 Å². The van der Waals surface area contributed by atoms with Crippen molar-refractivity contribution < 1.29 is 4.79 Å². The van der Waals surface area contributed by atoms with E-state index in [0.717, 1.165) is 5.56 Å². The summed E-state index contributed by atoms with van der Waals surface area (Å²) in [4.78, 5) is 11.9. The van der Waals surface area contributed by atoms with E-state index in [2.05, 4.69) is 10.6 Å². The molecule has 0 heterocycles. The van der Waals surface area contributed by atoms with Crippen molar-refractivity contribution in [2.45, 2.75) is 6.92 Å².